The molecule has 5 N–H and O–H groups in total. The molecule has 0 fully saturated rings. The largest absolute Gasteiger partial charge is 0.480 e. The van der Waals surface area contributed by atoms with Crippen LogP contribution in [-0.4, -0.2) is 71.4 Å². The topological polar surface area (TPSA) is 154 Å². The Hall–Kier alpha value is -1.95. The second-order valence-electron chi connectivity index (χ2n) is 4.57. The van der Waals surface area contributed by atoms with Crippen molar-refractivity contribution < 1.29 is 29.1 Å². The van der Waals surface area contributed by atoms with E-state index >= 15 is 0 Å². The molecule has 2 atom stereocenters. The summed E-state index contributed by atoms with van der Waals surface area (Å²) in [6.45, 7) is 0.221. The number of carbonyl (C=O) groups excluding carboxylic acids is 4. The zero-order chi connectivity index (χ0) is 18.7. The predicted octanol–water partition coefficient (Wildman–Crippen LogP) is -2.85. The van der Waals surface area contributed by atoms with Crippen LogP contribution < -0.4 is 21.3 Å². The third-order valence-electron chi connectivity index (χ3n) is 2.55. The summed E-state index contributed by atoms with van der Waals surface area (Å²) in [6, 6.07) is -1.94. The molecule has 0 aliphatic rings. The lowest BCUT2D eigenvalue weighted by molar-refractivity contribution is -0.138. The van der Waals surface area contributed by atoms with Crippen molar-refractivity contribution in [1.29, 1.82) is 0 Å². The molecule has 0 saturated heterocycles. The molecule has 24 heavy (non-hydrogen) atoms. The summed E-state index contributed by atoms with van der Waals surface area (Å²) >= 11 is 7.82. The summed E-state index contributed by atoms with van der Waals surface area (Å²) in [5, 5.41) is 17.5. The van der Waals surface area contributed by atoms with Crippen molar-refractivity contribution in [2.24, 2.45) is 0 Å². The molecule has 0 rings (SSSR count). The summed E-state index contributed by atoms with van der Waals surface area (Å²) < 4.78 is 0. The highest BCUT2D eigenvalue weighted by Crippen LogP contribution is 1.91. The van der Waals surface area contributed by atoms with Crippen LogP contribution in [0.15, 0.2) is 0 Å². The van der Waals surface area contributed by atoms with Crippen molar-refractivity contribution in [3.63, 3.8) is 0 Å². The molecule has 0 spiro atoms. The summed E-state index contributed by atoms with van der Waals surface area (Å²) in [7, 11) is 0. The van der Waals surface area contributed by atoms with Gasteiger partial charge >= 0.3 is 5.97 Å². The highest BCUT2D eigenvalue weighted by molar-refractivity contribution is 7.80. The molecule has 4 amide bonds. The average Bonchev–Trinajstić information content (AvgIpc) is 2.52. The zero-order valence-electron chi connectivity index (χ0n) is 12.9. The summed E-state index contributed by atoms with van der Waals surface area (Å²) in [5.74, 6) is -3.64. The van der Waals surface area contributed by atoms with Crippen LogP contribution >= 0.6 is 25.3 Å². The highest BCUT2D eigenvalue weighted by Gasteiger charge is 2.21. The van der Waals surface area contributed by atoms with Gasteiger partial charge < -0.3 is 26.4 Å². The normalized spacial score (nSPS) is 12.5. The minimum atomic E-state index is -1.23. The van der Waals surface area contributed by atoms with Crippen LogP contribution in [0.2, 0.25) is 0 Å². The smallest absolute Gasteiger partial charge is 0.322 e. The number of hydrogen-bond donors (Lipinski definition) is 7. The van der Waals surface area contributed by atoms with Crippen LogP contribution in [0, 0.1) is 0 Å². The Morgan fingerprint density at radius 2 is 1.33 bits per heavy atom. The molecule has 0 radical (unpaired) electrons. The molecule has 0 bridgehead atoms. The van der Waals surface area contributed by atoms with Crippen LogP contribution in [0.5, 0.6) is 0 Å². The van der Waals surface area contributed by atoms with Crippen LogP contribution in [0.4, 0.5) is 0 Å². The molecule has 0 unspecified atom stereocenters. The maximum atomic E-state index is 11.8. The quantitative estimate of drug-likeness (QED) is 0.203. The van der Waals surface area contributed by atoms with Crippen molar-refractivity contribution in [1.82, 2.24) is 21.3 Å². The van der Waals surface area contributed by atoms with Gasteiger partial charge in [-0.1, -0.05) is 0 Å². The van der Waals surface area contributed by atoms with Crippen molar-refractivity contribution >= 4 is 54.9 Å². The van der Waals surface area contributed by atoms with Gasteiger partial charge in [0, 0.05) is 18.4 Å². The fourth-order valence-electron chi connectivity index (χ4n) is 1.46. The molecule has 0 aliphatic heterocycles. The fourth-order valence-corrected chi connectivity index (χ4v) is 1.97. The molecule has 0 aromatic heterocycles. The fraction of sp³-hybridized carbons (Fsp3) is 0.583. The standard InChI is InChI=1S/C12H20N4O6S2/c1-6(17)15-7(4-23)11(21)13-2-9(18)16-8(5-24)12(22)14-3-10(19)20/h7-8,23-24H,2-5H2,1H3,(H,13,21)(H,14,22)(H,15,17)(H,16,18)(H,19,20)/t7-,8-/m0/s1. The molecular weight excluding hydrogens is 360 g/mol. The van der Waals surface area contributed by atoms with E-state index in [1.54, 1.807) is 0 Å². The first-order valence-electron chi connectivity index (χ1n) is 6.76. The van der Waals surface area contributed by atoms with E-state index < -0.39 is 54.8 Å². The first-order chi connectivity index (χ1) is 11.2. The van der Waals surface area contributed by atoms with E-state index in [1.165, 1.54) is 6.92 Å². The van der Waals surface area contributed by atoms with Gasteiger partial charge in [0.25, 0.3) is 0 Å². The Kier molecular flexibility index (Phi) is 10.6. The van der Waals surface area contributed by atoms with Gasteiger partial charge in [-0.2, -0.15) is 25.3 Å². The molecular formula is C12H20N4O6S2. The number of carboxylic acids is 1. The number of carbonyl (C=O) groups is 5. The number of hydrogen-bond acceptors (Lipinski definition) is 7. The first kappa shape index (κ1) is 22.1. The second kappa shape index (κ2) is 11.6. The molecule has 0 aliphatic carbocycles. The third kappa shape index (κ3) is 9.25. The van der Waals surface area contributed by atoms with Gasteiger partial charge in [0.15, 0.2) is 0 Å². The second-order valence-corrected chi connectivity index (χ2v) is 5.30. The molecule has 0 aromatic rings. The lowest BCUT2D eigenvalue weighted by Gasteiger charge is -2.17. The first-order valence-corrected chi connectivity index (χ1v) is 8.03. The molecule has 10 nitrogen and oxygen atoms in total. The number of aliphatic carboxylic acids is 1. The molecule has 136 valence electrons. The van der Waals surface area contributed by atoms with Gasteiger partial charge in [0.2, 0.25) is 23.6 Å². The number of rotatable bonds is 10. The molecule has 0 aromatic carbocycles. The summed E-state index contributed by atoms with van der Waals surface area (Å²) in [6.07, 6.45) is 0. The van der Waals surface area contributed by atoms with E-state index in [9.17, 15) is 24.0 Å². The van der Waals surface area contributed by atoms with Crippen LogP contribution in [-0.2, 0) is 24.0 Å². The van der Waals surface area contributed by atoms with Crippen LogP contribution in [0.25, 0.3) is 0 Å². The Bertz CT molecular complexity index is 502. The van der Waals surface area contributed by atoms with Crippen LogP contribution in [0.3, 0.4) is 0 Å². The maximum Gasteiger partial charge on any atom is 0.322 e. The number of amides is 4. The van der Waals surface area contributed by atoms with Gasteiger partial charge in [0.1, 0.15) is 18.6 Å². The van der Waals surface area contributed by atoms with Gasteiger partial charge in [-0.3, -0.25) is 24.0 Å². The van der Waals surface area contributed by atoms with Crippen molar-refractivity contribution in [3.8, 4) is 0 Å². The SMILES string of the molecule is CC(=O)N[C@@H](CS)C(=O)NCC(=O)N[C@@H](CS)C(=O)NCC(=O)O. The average molecular weight is 380 g/mol. The number of thiol groups is 2. The van der Waals surface area contributed by atoms with Gasteiger partial charge in [-0.25, -0.2) is 0 Å². The number of nitrogens with one attached hydrogen (secondary N) is 4. The maximum absolute atomic E-state index is 11.8. The lowest BCUT2D eigenvalue weighted by atomic mass is 10.3. The van der Waals surface area contributed by atoms with E-state index in [4.69, 9.17) is 5.11 Å². The van der Waals surface area contributed by atoms with E-state index in [2.05, 4.69) is 46.5 Å². The lowest BCUT2D eigenvalue weighted by Crippen LogP contribution is -2.53. The molecule has 0 saturated carbocycles. The predicted molar refractivity (Wildman–Crippen MR) is 90.9 cm³/mol. The van der Waals surface area contributed by atoms with Crippen molar-refractivity contribution in [3.05, 3.63) is 0 Å². The van der Waals surface area contributed by atoms with Crippen molar-refractivity contribution in [2.45, 2.75) is 19.0 Å². The molecule has 0 heterocycles. The van der Waals surface area contributed by atoms with Crippen LogP contribution in [0.1, 0.15) is 6.92 Å². The minimum Gasteiger partial charge on any atom is -0.480 e. The monoisotopic (exact) mass is 380 g/mol. The zero-order valence-corrected chi connectivity index (χ0v) is 14.7. The van der Waals surface area contributed by atoms with E-state index in [1.807, 2.05) is 0 Å². The minimum absolute atomic E-state index is 0.0455. The van der Waals surface area contributed by atoms with Crippen molar-refractivity contribution in [2.75, 3.05) is 24.6 Å². The van der Waals surface area contributed by atoms with Gasteiger partial charge in [0.05, 0.1) is 6.54 Å². The van der Waals surface area contributed by atoms with E-state index in [0.29, 0.717) is 0 Å². The summed E-state index contributed by atoms with van der Waals surface area (Å²) in [4.78, 5) is 56.4. The Morgan fingerprint density at radius 1 is 0.875 bits per heavy atom. The Labute approximate surface area is 149 Å². The van der Waals surface area contributed by atoms with Gasteiger partial charge in [-0.15, -0.1) is 0 Å². The Balaban J connectivity index is 4.39. The highest BCUT2D eigenvalue weighted by atomic mass is 32.1. The van der Waals surface area contributed by atoms with E-state index in [-0.39, 0.29) is 11.5 Å². The van der Waals surface area contributed by atoms with Gasteiger partial charge in [-0.05, 0) is 0 Å². The Morgan fingerprint density at radius 3 is 1.75 bits per heavy atom. The third-order valence-corrected chi connectivity index (χ3v) is 3.28. The number of carboxylic acid groups (broad SMARTS) is 1. The summed E-state index contributed by atoms with van der Waals surface area (Å²) in [5.41, 5.74) is 0. The van der Waals surface area contributed by atoms with E-state index in [0.717, 1.165) is 0 Å². The molecule has 12 heteroatoms.